The maximum Gasteiger partial charge on any atom is 0.337 e. The lowest BCUT2D eigenvalue weighted by Gasteiger charge is -2.17. The standard InChI is InChI=1S/C25H23N3O5S/c1-28(34(3,31)32)19-12-10-18(11-13-19)26-23(16-7-5-4-6-8-16)22-20-14-9-17(25(30)33-2)15-21(20)27-24(22)29/h4-15,22H,1-3H3,(H,27,29). The third-order valence-electron chi connectivity index (χ3n) is 5.61. The third-order valence-corrected chi connectivity index (χ3v) is 6.81. The molecule has 174 valence electrons. The van der Waals surface area contributed by atoms with Crippen molar-refractivity contribution in [2.75, 3.05) is 30.0 Å². The van der Waals surface area contributed by atoms with Gasteiger partial charge in [0, 0.05) is 12.7 Å². The van der Waals surface area contributed by atoms with Crippen LogP contribution in [-0.2, 0) is 19.6 Å². The number of carbonyl (C=O) groups is 2. The number of nitrogens with zero attached hydrogens (tertiary/aromatic N) is 2. The molecule has 1 amide bonds. The van der Waals surface area contributed by atoms with E-state index < -0.39 is 21.9 Å². The van der Waals surface area contributed by atoms with Gasteiger partial charge in [-0.3, -0.25) is 14.1 Å². The van der Waals surface area contributed by atoms with Crippen molar-refractivity contribution < 1.29 is 22.7 Å². The van der Waals surface area contributed by atoms with Gasteiger partial charge in [0.2, 0.25) is 15.9 Å². The van der Waals surface area contributed by atoms with Crippen LogP contribution >= 0.6 is 0 Å². The van der Waals surface area contributed by atoms with Gasteiger partial charge in [-0.05, 0) is 47.5 Å². The summed E-state index contributed by atoms with van der Waals surface area (Å²) in [6.45, 7) is 0. The van der Waals surface area contributed by atoms with E-state index in [1.165, 1.54) is 18.5 Å². The van der Waals surface area contributed by atoms with Gasteiger partial charge in [-0.2, -0.15) is 0 Å². The van der Waals surface area contributed by atoms with Gasteiger partial charge in [0.05, 0.1) is 36.0 Å². The Hall–Kier alpha value is -3.98. The molecule has 3 aromatic rings. The molecule has 1 heterocycles. The molecule has 9 heteroatoms. The number of sulfonamides is 1. The number of esters is 1. The number of carbonyl (C=O) groups excluding carboxylic acids is 2. The van der Waals surface area contributed by atoms with Crippen molar-refractivity contribution >= 4 is 44.7 Å². The van der Waals surface area contributed by atoms with Crippen LogP contribution < -0.4 is 9.62 Å². The molecule has 34 heavy (non-hydrogen) atoms. The van der Waals surface area contributed by atoms with E-state index in [2.05, 4.69) is 5.32 Å². The zero-order valence-electron chi connectivity index (χ0n) is 18.8. The fourth-order valence-electron chi connectivity index (χ4n) is 3.75. The van der Waals surface area contributed by atoms with Crippen LogP contribution in [0.15, 0.2) is 77.8 Å². The molecule has 0 aliphatic carbocycles. The molecule has 0 spiro atoms. The highest BCUT2D eigenvalue weighted by molar-refractivity contribution is 7.92. The summed E-state index contributed by atoms with van der Waals surface area (Å²) in [6.07, 6.45) is 1.13. The average Bonchev–Trinajstić information content (AvgIpc) is 3.16. The summed E-state index contributed by atoms with van der Waals surface area (Å²) in [7, 11) is -0.609. The molecule has 0 radical (unpaired) electrons. The zero-order valence-corrected chi connectivity index (χ0v) is 19.7. The lowest BCUT2D eigenvalue weighted by Crippen LogP contribution is -2.24. The first kappa shape index (κ1) is 23.2. The zero-order chi connectivity index (χ0) is 24.5. The Morgan fingerprint density at radius 1 is 1.00 bits per heavy atom. The largest absolute Gasteiger partial charge is 0.465 e. The third kappa shape index (κ3) is 4.55. The molecule has 1 aliphatic rings. The van der Waals surface area contributed by atoms with Crippen LogP contribution in [0, 0.1) is 0 Å². The van der Waals surface area contributed by atoms with Crippen molar-refractivity contribution in [3.05, 3.63) is 89.5 Å². The lowest BCUT2D eigenvalue weighted by atomic mass is 9.90. The van der Waals surface area contributed by atoms with Crippen molar-refractivity contribution in [2.45, 2.75) is 5.92 Å². The topological polar surface area (TPSA) is 105 Å². The van der Waals surface area contributed by atoms with E-state index in [1.807, 2.05) is 30.3 Å². The van der Waals surface area contributed by atoms with E-state index in [4.69, 9.17) is 9.73 Å². The Balaban J connectivity index is 1.78. The normalized spacial score (nSPS) is 15.4. The summed E-state index contributed by atoms with van der Waals surface area (Å²) >= 11 is 0. The van der Waals surface area contributed by atoms with Crippen LogP contribution in [-0.4, -0.2) is 46.4 Å². The Bertz CT molecular complexity index is 1380. The van der Waals surface area contributed by atoms with Crippen LogP contribution in [0.4, 0.5) is 17.1 Å². The van der Waals surface area contributed by atoms with Gasteiger partial charge in [-0.1, -0.05) is 36.4 Å². The van der Waals surface area contributed by atoms with Gasteiger partial charge in [0.1, 0.15) is 5.92 Å². The molecule has 4 rings (SSSR count). The summed E-state index contributed by atoms with van der Waals surface area (Å²) < 4.78 is 29.6. The number of hydrogen-bond donors (Lipinski definition) is 1. The van der Waals surface area contributed by atoms with E-state index in [0.717, 1.165) is 11.8 Å². The molecule has 3 aromatic carbocycles. The second-order valence-corrected chi connectivity index (χ2v) is 9.84. The Morgan fingerprint density at radius 2 is 1.68 bits per heavy atom. The first-order chi connectivity index (χ1) is 16.2. The Kier molecular flexibility index (Phi) is 6.21. The van der Waals surface area contributed by atoms with Crippen LogP contribution in [0.5, 0.6) is 0 Å². The number of methoxy groups -OCH3 is 1. The second-order valence-electron chi connectivity index (χ2n) is 7.83. The fourth-order valence-corrected chi connectivity index (χ4v) is 4.26. The maximum atomic E-state index is 13.1. The van der Waals surface area contributed by atoms with Crippen LogP contribution in [0.3, 0.4) is 0 Å². The molecule has 1 atom stereocenters. The van der Waals surface area contributed by atoms with Crippen LogP contribution in [0.2, 0.25) is 0 Å². The molecule has 0 saturated carbocycles. The molecular weight excluding hydrogens is 454 g/mol. The van der Waals surface area contributed by atoms with E-state index in [9.17, 15) is 18.0 Å². The predicted octanol–water partition coefficient (Wildman–Crippen LogP) is 3.73. The Labute approximate surface area is 197 Å². The van der Waals surface area contributed by atoms with E-state index >= 15 is 0 Å². The number of hydrogen-bond acceptors (Lipinski definition) is 6. The molecule has 0 saturated heterocycles. The number of rotatable bonds is 6. The molecule has 0 aromatic heterocycles. The number of benzene rings is 3. The number of fused-ring (bicyclic) bond motifs is 1. The Morgan fingerprint density at radius 3 is 2.29 bits per heavy atom. The minimum absolute atomic E-state index is 0.256. The van der Waals surface area contributed by atoms with Crippen molar-refractivity contribution in [3.63, 3.8) is 0 Å². The fraction of sp³-hybridized carbons (Fsp3) is 0.160. The molecule has 0 bridgehead atoms. The first-order valence-corrected chi connectivity index (χ1v) is 12.2. The SMILES string of the molecule is COC(=O)c1ccc2c(c1)NC(=O)C2C(=Nc1ccc(N(C)S(C)(=O)=O)cc1)c1ccccc1. The van der Waals surface area contributed by atoms with E-state index in [1.54, 1.807) is 42.5 Å². The number of ether oxygens (including phenoxy) is 1. The number of anilines is 2. The van der Waals surface area contributed by atoms with Crippen molar-refractivity contribution in [3.8, 4) is 0 Å². The van der Waals surface area contributed by atoms with Gasteiger partial charge < -0.3 is 10.1 Å². The molecule has 1 aliphatic heterocycles. The summed E-state index contributed by atoms with van der Waals surface area (Å²) in [4.78, 5) is 29.8. The second kappa shape index (κ2) is 9.11. The number of aliphatic imine (C=N–C) groups is 1. The predicted molar refractivity (Wildman–Crippen MR) is 131 cm³/mol. The summed E-state index contributed by atoms with van der Waals surface area (Å²) in [6, 6.07) is 21.0. The highest BCUT2D eigenvalue weighted by atomic mass is 32.2. The summed E-state index contributed by atoms with van der Waals surface area (Å²) in [5.41, 5.74) is 3.95. The lowest BCUT2D eigenvalue weighted by molar-refractivity contribution is -0.115. The minimum atomic E-state index is -3.39. The van der Waals surface area contributed by atoms with Crippen molar-refractivity contribution in [1.82, 2.24) is 0 Å². The van der Waals surface area contributed by atoms with Crippen LogP contribution in [0.1, 0.15) is 27.4 Å². The van der Waals surface area contributed by atoms with Crippen LogP contribution in [0.25, 0.3) is 0 Å². The number of nitrogens with one attached hydrogen (secondary N) is 1. The number of amides is 1. The quantitative estimate of drug-likeness (QED) is 0.430. The van der Waals surface area contributed by atoms with Gasteiger partial charge in [0.25, 0.3) is 0 Å². The first-order valence-electron chi connectivity index (χ1n) is 10.4. The highest BCUT2D eigenvalue weighted by Gasteiger charge is 2.36. The van der Waals surface area contributed by atoms with E-state index in [0.29, 0.717) is 33.9 Å². The van der Waals surface area contributed by atoms with E-state index in [-0.39, 0.29) is 5.91 Å². The van der Waals surface area contributed by atoms with Crippen molar-refractivity contribution in [1.29, 1.82) is 0 Å². The highest BCUT2D eigenvalue weighted by Crippen LogP contribution is 2.37. The molecular formula is C25H23N3O5S. The summed E-state index contributed by atoms with van der Waals surface area (Å²) in [5, 5.41) is 2.84. The minimum Gasteiger partial charge on any atom is -0.465 e. The average molecular weight is 478 g/mol. The summed E-state index contributed by atoms with van der Waals surface area (Å²) in [5.74, 6) is -1.44. The molecule has 8 nitrogen and oxygen atoms in total. The van der Waals surface area contributed by atoms with Gasteiger partial charge in [0.15, 0.2) is 0 Å². The van der Waals surface area contributed by atoms with Crippen molar-refractivity contribution in [2.24, 2.45) is 4.99 Å². The molecule has 0 fully saturated rings. The van der Waals surface area contributed by atoms with Gasteiger partial charge in [-0.15, -0.1) is 0 Å². The smallest absolute Gasteiger partial charge is 0.337 e. The van der Waals surface area contributed by atoms with Gasteiger partial charge >= 0.3 is 5.97 Å². The monoisotopic (exact) mass is 477 g/mol. The van der Waals surface area contributed by atoms with Gasteiger partial charge in [-0.25, -0.2) is 13.2 Å². The molecule has 1 N–H and O–H groups in total. The maximum absolute atomic E-state index is 13.1. The molecule has 1 unspecified atom stereocenters.